The van der Waals surface area contributed by atoms with Crippen LogP contribution in [0.1, 0.15) is 37.2 Å². The fourth-order valence-corrected chi connectivity index (χ4v) is 2.58. The zero-order chi connectivity index (χ0) is 12.4. The van der Waals surface area contributed by atoms with Crippen LogP contribution in [0.2, 0.25) is 0 Å². The van der Waals surface area contributed by atoms with Crippen LogP contribution in [-0.4, -0.2) is 19.0 Å². The fourth-order valence-electron chi connectivity index (χ4n) is 2.58. The molecule has 2 fully saturated rings. The van der Waals surface area contributed by atoms with Gasteiger partial charge in [0.05, 0.1) is 5.92 Å². The lowest BCUT2D eigenvalue weighted by atomic mass is 9.99. The van der Waals surface area contributed by atoms with E-state index in [-0.39, 0.29) is 11.8 Å². The molecule has 1 saturated heterocycles. The molecule has 1 heterocycles. The van der Waals surface area contributed by atoms with E-state index in [2.05, 4.69) is 22.8 Å². The lowest BCUT2D eigenvalue weighted by molar-refractivity contribution is -0.120. The molecule has 0 radical (unpaired) electrons. The highest BCUT2D eigenvalue weighted by molar-refractivity contribution is 5.92. The van der Waals surface area contributed by atoms with E-state index in [0.29, 0.717) is 0 Å². The van der Waals surface area contributed by atoms with Gasteiger partial charge in [0.25, 0.3) is 0 Å². The Hall–Kier alpha value is -1.35. The van der Waals surface area contributed by atoms with E-state index in [1.165, 1.54) is 18.4 Å². The number of hydrogen-bond donors (Lipinski definition) is 2. The molecule has 0 spiro atoms. The highest BCUT2D eigenvalue weighted by atomic mass is 16.1. The predicted molar refractivity (Wildman–Crippen MR) is 72.6 cm³/mol. The second kappa shape index (κ2) is 5.11. The van der Waals surface area contributed by atoms with Crippen molar-refractivity contribution in [3.05, 3.63) is 29.8 Å². The van der Waals surface area contributed by atoms with Crippen LogP contribution in [-0.2, 0) is 4.79 Å². The summed E-state index contributed by atoms with van der Waals surface area (Å²) in [4.78, 5) is 12.0. The van der Waals surface area contributed by atoms with Crippen LogP contribution in [0, 0.1) is 5.92 Å². The summed E-state index contributed by atoms with van der Waals surface area (Å²) in [5.41, 5.74) is 2.34. The zero-order valence-electron chi connectivity index (χ0n) is 10.6. The fraction of sp³-hybridized carbons (Fsp3) is 0.533. The first-order chi connectivity index (χ1) is 8.83. The SMILES string of the molecule is O=C(Nc1ccc(C2CC2)cc1)[C@@H]1CCCNC1. The smallest absolute Gasteiger partial charge is 0.228 e. The van der Waals surface area contributed by atoms with Gasteiger partial charge < -0.3 is 10.6 Å². The monoisotopic (exact) mass is 244 g/mol. The summed E-state index contributed by atoms with van der Waals surface area (Å²) < 4.78 is 0. The Kier molecular flexibility index (Phi) is 3.33. The maximum atomic E-state index is 12.0. The van der Waals surface area contributed by atoms with E-state index in [1.807, 2.05) is 12.1 Å². The molecule has 3 nitrogen and oxygen atoms in total. The average molecular weight is 244 g/mol. The molecule has 2 N–H and O–H groups in total. The molecule has 0 unspecified atom stereocenters. The third kappa shape index (κ3) is 2.72. The van der Waals surface area contributed by atoms with Crippen molar-refractivity contribution in [1.82, 2.24) is 5.32 Å². The number of benzene rings is 1. The van der Waals surface area contributed by atoms with Gasteiger partial charge in [-0.1, -0.05) is 12.1 Å². The standard InChI is InChI=1S/C15H20N2O/c18-15(13-2-1-9-16-10-13)17-14-7-5-12(6-8-14)11-3-4-11/h5-8,11,13,16H,1-4,9-10H2,(H,17,18)/t13-/m1/s1. The molecular formula is C15H20N2O. The quantitative estimate of drug-likeness (QED) is 0.857. The normalized spacial score (nSPS) is 23.7. The van der Waals surface area contributed by atoms with E-state index in [4.69, 9.17) is 0 Å². The van der Waals surface area contributed by atoms with Crippen LogP contribution < -0.4 is 10.6 Å². The van der Waals surface area contributed by atoms with Gasteiger partial charge in [-0.15, -0.1) is 0 Å². The molecule has 0 bridgehead atoms. The van der Waals surface area contributed by atoms with Gasteiger partial charge in [0.2, 0.25) is 5.91 Å². The average Bonchev–Trinajstić information content (AvgIpc) is 3.25. The number of amides is 1. The van der Waals surface area contributed by atoms with Gasteiger partial charge in [0.1, 0.15) is 0 Å². The Morgan fingerprint density at radius 3 is 2.56 bits per heavy atom. The molecule has 1 aliphatic heterocycles. The second-order valence-corrected chi connectivity index (χ2v) is 5.43. The topological polar surface area (TPSA) is 41.1 Å². The Morgan fingerprint density at radius 2 is 1.94 bits per heavy atom. The van der Waals surface area contributed by atoms with E-state index >= 15 is 0 Å². The minimum Gasteiger partial charge on any atom is -0.326 e. The molecule has 0 aromatic heterocycles. The van der Waals surface area contributed by atoms with Gasteiger partial charge in [0.15, 0.2) is 0 Å². The summed E-state index contributed by atoms with van der Waals surface area (Å²) in [5.74, 6) is 1.06. The maximum Gasteiger partial charge on any atom is 0.228 e. The summed E-state index contributed by atoms with van der Waals surface area (Å²) in [7, 11) is 0. The van der Waals surface area contributed by atoms with Gasteiger partial charge in [-0.3, -0.25) is 4.79 Å². The number of rotatable bonds is 3. The van der Waals surface area contributed by atoms with Crippen molar-refractivity contribution >= 4 is 11.6 Å². The van der Waals surface area contributed by atoms with E-state index in [0.717, 1.165) is 37.5 Å². The van der Waals surface area contributed by atoms with Gasteiger partial charge >= 0.3 is 0 Å². The molecular weight excluding hydrogens is 224 g/mol. The molecule has 2 aliphatic rings. The molecule has 1 amide bonds. The van der Waals surface area contributed by atoms with Crippen molar-refractivity contribution in [1.29, 1.82) is 0 Å². The van der Waals surface area contributed by atoms with Crippen LogP contribution in [0.4, 0.5) is 5.69 Å². The molecule has 1 atom stereocenters. The van der Waals surface area contributed by atoms with Gasteiger partial charge in [-0.2, -0.15) is 0 Å². The van der Waals surface area contributed by atoms with Crippen LogP contribution in [0.15, 0.2) is 24.3 Å². The number of anilines is 1. The highest BCUT2D eigenvalue weighted by Gasteiger charge is 2.23. The van der Waals surface area contributed by atoms with Crippen molar-refractivity contribution in [3.8, 4) is 0 Å². The largest absolute Gasteiger partial charge is 0.326 e. The zero-order valence-corrected chi connectivity index (χ0v) is 10.6. The van der Waals surface area contributed by atoms with Gasteiger partial charge in [0, 0.05) is 12.2 Å². The molecule has 3 heteroatoms. The number of carbonyl (C=O) groups is 1. The number of hydrogen-bond acceptors (Lipinski definition) is 2. The minimum atomic E-state index is 0.127. The minimum absolute atomic E-state index is 0.127. The molecule has 1 saturated carbocycles. The Morgan fingerprint density at radius 1 is 1.17 bits per heavy atom. The molecule has 96 valence electrons. The van der Waals surface area contributed by atoms with E-state index < -0.39 is 0 Å². The van der Waals surface area contributed by atoms with Crippen LogP contribution in [0.5, 0.6) is 0 Å². The third-order valence-corrected chi connectivity index (χ3v) is 3.89. The lowest BCUT2D eigenvalue weighted by Crippen LogP contribution is -2.37. The Bertz CT molecular complexity index is 417. The van der Waals surface area contributed by atoms with Crippen LogP contribution in [0.25, 0.3) is 0 Å². The molecule has 1 aromatic rings. The van der Waals surface area contributed by atoms with Crippen LogP contribution >= 0.6 is 0 Å². The summed E-state index contributed by atoms with van der Waals surface area (Å²) in [5, 5.41) is 6.29. The first-order valence-corrected chi connectivity index (χ1v) is 6.94. The Balaban J connectivity index is 1.59. The van der Waals surface area contributed by atoms with E-state index in [9.17, 15) is 4.79 Å². The van der Waals surface area contributed by atoms with Crippen molar-refractivity contribution in [3.63, 3.8) is 0 Å². The predicted octanol–water partition coefficient (Wildman–Crippen LogP) is 2.50. The first kappa shape index (κ1) is 11.7. The molecule has 3 rings (SSSR count). The molecule has 1 aliphatic carbocycles. The highest BCUT2D eigenvalue weighted by Crippen LogP contribution is 2.40. The van der Waals surface area contributed by atoms with E-state index in [1.54, 1.807) is 0 Å². The number of carbonyl (C=O) groups excluding carboxylic acids is 1. The van der Waals surface area contributed by atoms with Crippen molar-refractivity contribution in [2.75, 3.05) is 18.4 Å². The number of nitrogens with one attached hydrogen (secondary N) is 2. The lowest BCUT2D eigenvalue weighted by Gasteiger charge is -2.21. The van der Waals surface area contributed by atoms with Crippen LogP contribution in [0.3, 0.4) is 0 Å². The first-order valence-electron chi connectivity index (χ1n) is 6.94. The second-order valence-electron chi connectivity index (χ2n) is 5.43. The summed E-state index contributed by atoms with van der Waals surface area (Å²) >= 11 is 0. The summed E-state index contributed by atoms with van der Waals surface area (Å²) in [6.45, 7) is 1.85. The summed E-state index contributed by atoms with van der Waals surface area (Å²) in [6.07, 6.45) is 4.73. The molecule has 1 aromatic carbocycles. The van der Waals surface area contributed by atoms with Gasteiger partial charge in [-0.25, -0.2) is 0 Å². The molecule has 18 heavy (non-hydrogen) atoms. The van der Waals surface area contributed by atoms with Crippen molar-refractivity contribution in [2.45, 2.75) is 31.6 Å². The van der Waals surface area contributed by atoms with Gasteiger partial charge in [-0.05, 0) is 55.8 Å². The summed E-state index contributed by atoms with van der Waals surface area (Å²) in [6, 6.07) is 8.35. The third-order valence-electron chi connectivity index (χ3n) is 3.89. The number of piperidine rings is 1. The maximum absolute atomic E-state index is 12.0. The van der Waals surface area contributed by atoms with Crippen molar-refractivity contribution in [2.24, 2.45) is 5.92 Å². The van der Waals surface area contributed by atoms with Crippen molar-refractivity contribution < 1.29 is 4.79 Å². The Labute approximate surface area is 108 Å².